The Bertz CT molecular complexity index is 131. The summed E-state index contributed by atoms with van der Waals surface area (Å²) in [6.07, 6.45) is 4.29. The molecule has 2 atom stereocenters. The lowest BCUT2D eigenvalue weighted by Crippen LogP contribution is -2.24. The van der Waals surface area contributed by atoms with Crippen molar-refractivity contribution in [2.24, 2.45) is 11.8 Å². The van der Waals surface area contributed by atoms with Crippen LogP contribution >= 0.6 is 0 Å². The zero-order valence-electron chi connectivity index (χ0n) is 6.34. The highest BCUT2D eigenvalue weighted by Crippen LogP contribution is 2.29. The highest BCUT2D eigenvalue weighted by molar-refractivity contribution is 5.70. The normalized spacial score (nSPS) is 33.7. The Morgan fingerprint density at radius 3 is 2.40 bits per heavy atom. The van der Waals surface area contributed by atoms with Crippen LogP contribution in [0.4, 0.5) is 0 Å². The van der Waals surface area contributed by atoms with Crippen molar-refractivity contribution < 1.29 is 9.90 Å². The van der Waals surface area contributed by atoms with Crippen molar-refractivity contribution in [2.75, 3.05) is 0 Å². The lowest BCUT2D eigenvalue weighted by molar-refractivity contribution is -0.144. The van der Waals surface area contributed by atoms with E-state index in [1.807, 2.05) is 6.92 Å². The van der Waals surface area contributed by atoms with Crippen molar-refractivity contribution in [3.8, 4) is 0 Å². The molecule has 58 valence electrons. The average molecular weight is 142 g/mol. The minimum Gasteiger partial charge on any atom is -0.481 e. The molecule has 1 fully saturated rings. The summed E-state index contributed by atoms with van der Waals surface area (Å²) in [6.45, 7) is 2.04. The van der Waals surface area contributed by atoms with Crippen LogP contribution in [0.1, 0.15) is 32.6 Å². The SMILES string of the molecule is C[C@@H]1CCCCC1C(=O)O. The molecule has 1 aliphatic carbocycles. The fraction of sp³-hybridized carbons (Fsp3) is 0.875. The second-order valence-corrected chi connectivity index (χ2v) is 3.21. The third-order valence-corrected chi connectivity index (χ3v) is 2.43. The van der Waals surface area contributed by atoms with E-state index >= 15 is 0 Å². The van der Waals surface area contributed by atoms with Gasteiger partial charge in [0, 0.05) is 0 Å². The molecular formula is C8H14O2. The summed E-state index contributed by atoms with van der Waals surface area (Å²) in [6, 6.07) is 0. The van der Waals surface area contributed by atoms with Crippen LogP contribution in [0, 0.1) is 11.8 Å². The van der Waals surface area contributed by atoms with Crippen LogP contribution in [0.25, 0.3) is 0 Å². The van der Waals surface area contributed by atoms with Crippen molar-refractivity contribution in [1.82, 2.24) is 0 Å². The van der Waals surface area contributed by atoms with E-state index in [2.05, 4.69) is 0 Å². The van der Waals surface area contributed by atoms with Gasteiger partial charge in [0.1, 0.15) is 0 Å². The molecule has 2 nitrogen and oxygen atoms in total. The first kappa shape index (κ1) is 7.58. The molecule has 2 heteroatoms. The minimum atomic E-state index is -0.604. The summed E-state index contributed by atoms with van der Waals surface area (Å²) in [4.78, 5) is 10.6. The van der Waals surface area contributed by atoms with Gasteiger partial charge >= 0.3 is 5.97 Å². The van der Waals surface area contributed by atoms with E-state index in [0.29, 0.717) is 5.92 Å². The van der Waals surface area contributed by atoms with Crippen LogP contribution < -0.4 is 0 Å². The van der Waals surface area contributed by atoms with Crippen molar-refractivity contribution in [2.45, 2.75) is 32.6 Å². The Balaban J connectivity index is 2.47. The molecule has 1 N–H and O–H groups in total. The number of carboxylic acid groups (broad SMARTS) is 1. The van der Waals surface area contributed by atoms with Crippen LogP contribution in [0.15, 0.2) is 0 Å². The van der Waals surface area contributed by atoms with Gasteiger partial charge in [-0.2, -0.15) is 0 Å². The van der Waals surface area contributed by atoms with Crippen molar-refractivity contribution in [1.29, 1.82) is 0 Å². The quantitative estimate of drug-likeness (QED) is 0.607. The summed E-state index contributed by atoms with van der Waals surface area (Å²) < 4.78 is 0. The molecule has 0 radical (unpaired) electrons. The summed E-state index contributed by atoms with van der Waals surface area (Å²) in [5.74, 6) is -0.271. The number of hydrogen-bond acceptors (Lipinski definition) is 1. The summed E-state index contributed by atoms with van der Waals surface area (Å²) in [7, 11) is 0. The maximum absolute atomic E-state index is 10.6. The molecule has 1 aliphatic rings. The van der Waals surface area contributed by atoms with Gasteiger partial charge in [0.25, 0.3) is 0 Å². The first-order valence-electron chi connectivity index (χ1n) is 3.94. The van der Waals surface area contributed by atoms with Crippen molar-refractivity contribution in [3.63, 3.8) is 0 Å². The molecule has 0 aromatic carbocycles. The Morgan fingerprint density at radius 1 is 1.40 bits per heavy atom. The second-order valence-electron chi connectivity index (χ2n) is 3.21. The number of carboxylic acids is 1. The van der Waals surface area contributed by atoms with E-state index in [0.717, 1.165) is 19.3 Å². The Kier molecular flexibility index (Phi) is 2.30. The number of carbonyl (C=O) groups is 1. The van der Waals surface area contributed by atoms with Crippen LogP contribution in [-0.2, 0) is 4.79 Å². The number of hydrogen-bond donors (Lipinski definition) is 1. The predicted octanol–water partition coefficient (Wildman–Crippen LogP) is 1.90. The van der Waals surface area contributed by atoms with Gasteiger partial charge in [0.15, 0.2) is 0 Å². The molecule has 0 bridgehead atoms. The van der Waals surface area contributed by atoms with Gasteiger partial charge in [0.2, 0.25) is 0 Å². The van der Waals surface area contributed by atoms with Gasteiger partial charge in [-0.1, -0.05) is 19.8 Å². The highest BCUT2D eigenvalue weighted by atomic mass is 16.4. The van der Waals surface area contributed by atoms with Crippen LogP contribution in [-0.4, -0.2) is 11.1 Å². The third-order valence-electron chi connectivity index (χ3n) is 2.43. The molecule has 0 spiro atoms. The van der Waals surface area contributed by atoms with Crippen molar-refractivity contribution in [3.05, 3.63) is 0 Å². The zero-order chi connectivity index (χ0) is 7.56. The van der Waals surface area contributed by atoms with Gasteiger partial charge in [-0.15, -0.1) is 0 Å². The second kappa shape index (κ2) is 3.04. The molecule has 1 unspecified atom stereocenters. The maximum atomic E-state index is 10.6. The molecule has 1 rings (SSSR count). The van der Waals surface area contributed by atoms with Crippen LogP contribution in [0.3, 0.4) is 0 Å². The lowest BCUT2D eigenvalue weighted by atomic mass is 9.81. The summed E-state index contributed by atoms with van der Waals surface area (Å²) >= 11 is 0. The van der Waals surface area contributed by atoms with E-state index in [9.17, 15) is 4.79 Å². The van der Waals surface area contributed by atoms with E-state index in [1.54, 1.807) is 0 Å². The number of aliphatic carboxylic acids is 1. The smallest absolute Gasteiger partial charge is 0.306 e. The van der Waals surface area contributed by atoms with E-state index in [-0.39, 0.29) is 5.92 Å². The van der Waals surface area contributed by atoms with Crippen LogP contribution in [0.2, 0.25) is 0 Å². The van der Waals surface area contributed by atoms with Gasteiger partial charge in [-0.05, 0) is 18.8 Å². The highest BCUT2D eigenvalue weighted by Gasteiger charge is 2.26. The first-order valence-corrected chi connectivity index (χ1v) is 3.94. The van der Waals surface area contributed by atoms with Crippen molar-refractivity contribution >= 4 is 5.97 Å². The standard InChI is InChI=1S/C8H14O2/c1-6-4-2-3-5-7(6)8(9)10/h6-7H,2-5H2,1H3,(H,9,10)/t6-,7?/m1/s1. The molecule has 0 amide bonds. The monoisotopic (exact) mass is 142 g/mol. The Hall–Kier alpha value is -0.530. The maximum Gasteiger partial charge on any atom is 0.306 e. The summed E-state index contributed by atoms with van der Waals surface area (Å²) in [5, 5.41) is 8.71. The van der Waals surface area contributed by atoms with Gasteiger partial charge in [-0.25, -0.2) is 0 Å². The van der Waals surface area contributed by atoms with Gasteiger partial charge < -0.3 is 5.11 Å². The summed E-state index contributed by atoms with van der Waals surface area (Å²) in [5.41, 5.74) is 0. The fourth-order valence-corrected chi connectivity index (χ4v) is 1.68. The molecule has 0 aromatic rings. The molecule has 0 aromatic heterocycles. The lowest BCUT2D eigenvalue weighted by Gasteiger charge is -2.24. The molecule has 10 heavy (non-hydrogen) atoms. The minimum absolute atomic E-state index is 0.0613. The van der Waals surface area contributed by atoms with Crippen LogP contribution in [0.5, 0.6) is 0 Å². The largest absolute Gasteiger partial charge is 0.481 e. The molecule has 0 saturated heterocycles. The predicted molar refractivity (Wildman–Crippen MR) is 38.8 cm³/mol. The third kappa shape index (κ3) is 1.49. The topological polar surface area (TPSA) is 37.3 Å². The molecule has 1 saturated carbocycles. The zero-order valence-corrected chi connectivity index (χ0v) is 6.34. The van der Waals surface area contributed by atoms with E-state index in [4.69, 9.17) is 5.11 Å². The average Bonchev–Trinajstić information content (AvgIpc) is 1.88. The number of rotatable bonds is 1. The Labute approximate surface area is 61.2 Å². The molecular weight excluding hydrogens is 128 g/mol. The van der Waals surface area contributed by atoms with Gasteiger partial charge in [-0.3, -0.25) is 4.79 Å². The van der Waals surface area contributed by atoms with E-state index in [1.165, 1.54) is 6.42 Å². The van der Waals surface area contributed by atoms with E-state index < -0.39 is 5.97 Å². The molecule has 0 heterocycles. The first-order chi connectivity index (χ1) is 4.72. The molecule has 0 aliphatic heterocycles. The Morgan fingerprint density at radius 2 is 2.00 bits per heavy atom. The fourth-order valence-electron chi connectivity index (χ4n) is 1.68. The van der Waals surface area contributed by atoms with Gasteiger partial charge in [0.05, 0.1) is 5.92 Å².